The number of aliphatic carboxylic acids is 1. The van der Waals surface area contributed by atoms with Gasteiger partial charge in [0.1, 0.15) is 0 Å². The fraction of sp³-hybridized carbons (Fsp3) is 0.900. The molecule has 0 aromatic rings. The maximum atomic E-state index is 10.5. The van der Waals surface area contributed by atoms with Crippen molar-refractivity contribution in [2.75, 3.05) is 19.6 Å². The first-order chi connectivity index (χ1) is 6.58. The largest absolute Gasteiger partial charge is 0.481 e. The molecule has 1 heterocycles. The van der Waals surface area contributed by atoms with Crippen molar-refractivity contribution in [1.29, 1.82) is 0 Å². The standard InChI is InChI=1S/C10H19NO3/c1-8(12)6-11-4-2-3-9(7-11)5-10(13)14/h8-9,12H,2-7H2,1H3,(H,13,14). The molecule has 82 valence electrons. The predicted molar refractivity (Wildman–Crippen MR) is 53.1 cm³/mol. The maximum Gasteiger partial charge on any atom is 0.303 e. The van der Waals surface area contributed by atoms with Gasteiger partial charge in [-0.1, -0.05) is 0 Å². The summed E-state index contributed by atoms with van der Waals surface area (Å²) in [6.07, 6.45) is 1.99. The minimum atomic E-state index is -0.714. The Morgan fingerprint density at radius 2 is 2.36 bits per heavy atom. The normalized spacial score (nSPS) is 26.0. The van der Waals surface area contributed by atoms with E-state index in [1.54, 1.807) is 6.92 Å². The number of piperidine rings is 1. The van der Waals surface area contributed by atoms with E-state index < -0.39 is 5.97 Å². The van der Waals surface area contributed by atoms with Gasteiger partial charge in [-0.25, -0.2) is 0 Å². The third kappa shape index (κ3) is 4.07. The Bertz CT molecular complexity index is 194. The lowest BCUT2D eigenvalue weighted by atomic mass is 9.95. The topological polar surface area (TPSA) is 60.8 Å². The zero-order valence-corrected chi connectivity index (χ0v) is 8.65. The first kappa shape index (κ1) is 11.5. The number of hydrogen-bond donors (Lipinski definition) is 2. The number of hydrogen-bond acceptors (Lipinski definition) is 3. The Labute approximate surface area is 84.5 Å². The zero-order valence-electron chi connectivity index (χ0n) is 8.65. The van der Waals surface area contributed by atoms with Crippen LogP contribution in [0.1, 0.15) is 26.2 Å². The van der Waals surface area contributed by atoms with Crippen molar-refractivity contribution in [3.05, 3.63) is 0 Å². The van der Waals surface area contributed by atoms with Gasteiger partial charge < -0.3 is 15.1 Å². The van der Waals surface area contributed by atoms with Crippen LogP contribution in [0, 0.1) is 5.92 Å². The van der Waals surface area contributed by atoms with E-state index in [4.69, 9.17) is 5.11 Å². The van der Waals surface area contributed by atoms with Crippen molar-refractivity contribution in [2.24, 2.45) is 5.92 Å². The van der Waals surface area contributed by atoms with Crippen LogP contribution in [0.15, 0.2) is 0 Å². The molecule has 1 fully saturated rings. The Balaban J connectivity index is 2.32. The molecule has 4 heteroatoms. The van der Waals surface area contributed by atoms with Crippen LogP contribution in [0.2, 0.25) is 0 Å². The van der Waals surface area contributed by atoms with Crippen molar-refractivity contribution in [2.45, 2.75) is 32.3 Å². The Morgan fingerprint density at radius 1 is 1.64 bits per heavy atom. The molecular formula is C10H19NO3. The van der Waals surface area contributed by atoms with Crippen LogP contribution in [0.3, 0.4) is 0 Å². The highest BCUT2D eigenvalue weighted by atomic mass is 16.4. The molecule has 2 atom stereocenters. The van der Waals surface area contributed by atoms with Crippen LogP contribution < -0.4 is 0 Å². The molecule has 2 N–H and O–H groups in total. The summed E-state index contributed by atoms with van der Waals surface area (Å²) in [4.78, 5) is 12.7. The van der Waals surface area contributed by atoms with Crippen molar-refractivity contribution >= 4 is 5.97 Å². The molecule has 0 aromatic heterocycles. The fourth-order valence-electron chi connectivity index (χ4n) is 2.10. The molecule has 0 spiro atoms. The number of rotatable bonds is 4. The summed E-state index contributed by atoms with van der Waals surface area (Å²) in [7, 11) is 0. The van der Waals surface area contributed by atoms with Gasteiger partial charge in [0, 0.05) is 19.5 Å². The number of nitrogens with zero attached hydrogens (tertiary/aromatic N) is 1. The van der Waals surface area contributed by atoms with Crippen LogP contribution in [-0.2, 0) is 4.79 Å². The number of aliphatic hydroxyl groups excluding tert-OH is 1. The summed E-state index contributed by atoms with van der Waals surface area (Å²) in [5, 5.41) is 17.9. The van der Waals surface area contributed by atoms with Gasteiger partial charge in [0.2, 0.25) is 0 Å². The lowest BCUT2D eigenvalue weighted by Crippen LogP contribution is -2.40. The average Bonchev–Trinajstić information content (AvgIpc) is 2.01. The highest BCUT2D eigenvalue weighted by Crippen LogP contribution is 2.19. The number of likely N-dealkylation sites (tertiary alicyclic amines) is 1. The molecule has 0 aliphatic carbocycles. The Kier molecular flexibility index (Phi) is 4.35. The number of carbonyl (C=O) groups is 1. The van der Waals surface area contributed by atoms with E-state index in [2.05, 4.69) is 4.90 Å². The van der Waals surface area contributed by atoms with Gasteiger partial charge in [0.15, 0.2) is 0 Å². The van der Waals surface area contributed by atoms with Gasteiger partial charge in [-0.05, 0) is 32.2 Å². The Morgan fingerprint density at radius 3 is 2.93 bits per heavy atom. The predicted octanol–water partition coefficient (Wildman–Crippen LogP) is 0.554. The number of β-amino-alcohol motifs (C(OH)–C–C–N with tert-alkyl or cyclic N) is 1. The quantitative estimate of drug-likeness (QED) is 0.697. The van der Waals surface area contributed by atoms with E-state index in [0.29, 0.717) is 6.54 Å². The lowest BCUT2D eigenvalue weighted by molar-refractivity contribution is -0.138. The van der Waals surface area contributed by atoms with Gasteiger partial charge in [-0.3, -0.25) is 4.79 Å². The molecule has 1 saturated heterocycles. The number of carboxylic acid groups (broad SMARTS) is 1. The first-order valence-corrected chi connectivity index (χ1v) is 5.20. The minimum absolute atomic E-state index is 0.260. The van der Waals surface area contributed by atoms with Crippen molar-refractivity contribution in [3.63, 3.8) is 0 Å². The molecular weight excluding hydrogens is 182 g/mol. The summed E-state index contributed by atoms with van der Waals surface area (Å²) < 4.78 is 0. The number of aliphatic hydroxyl groups is 1. The molecule has 4 nitrogen and oxygen atoms in total. The molecule has 0 saturated carbocycles. The van der Waals surface area contributed by atoms with Gasteiger partial charge in [0.25, 0.3) is 0 Å². The van der Waals surface area contributed by atoms with Crippen LogP contribution in [-0.4, -0.2) is 46.8 Å². The summed E-state index contributed by atoms with van der Waals surface area (Å²) in [5.74, 6) is -0.450. The molecule has 0 amide bonds. The molecule has 0 aromatic carbocycles. The maximum absolute atomic E-state index is 10.5. The zero-order chi connectivity index (χ0) is 10.6. The van der Waals surface area contributed by atoms with E-state index in [9.17, 15) is 9.90 Å². The van der Waals surface area contributed by atoms with Gasteiger partial charge in [-0.2, -0.15) is 0 Å². The molecule has 0 bridgehead atoms. The highest BCUT2D eigenvalue weighted by Gasteiger charge is 2.22. The molecule has 2 unspecified atom stereocenters. The van der Waals surface area contributed by atoms with E-state index in [1.807, 2.05) is 0 Å². The lowest BCUT2D eigenvalue weighted by Gasteiger charge is -2.32. The van der Waals surface area contributed by atoms with Crippen molar-refractivity contribution in [1.82, 2.24) is 4.90 Å². The molecule has 14 heavy (non-hydrogen) atoms. The van der Waals surface area contributed by atoms with Crippen LogP contribution >= 0.6 is 0 Å². The van der Waals surface area contributed by atoms with Crippen LogP contribution in [0.5, 0.6) is 0 Å². The minimum Gasteiger partial charge on any atom is -0.481 e. The third-order valence-corrected chi connectivity index (χ3v) is 2.59. The second-order valence-electron chi connectivity index (χ2n) is 4.21. The van der Waals surface area contributed by atoms with Crippen molar-refractivity contribution in [3.8, 4) is 0 Å². The summed E-state index contributed by atoms with van der Waals surface area (Å²) in [5.41, 5.74) is 0. The first-order valence-electron chi connectivity index (χ1n) is 5.20. The fourth-order valence-corrected chi connectivity index (χ4v) is 2.10. The summed E-state index contributed by atoms with van der Waals surface area (Å²) in [6.45, 7) is 4.23. The number of carboxylic acids is 1. The van der Waals surface area contributed by atoms with E-state index in [1.165, 1.54) is 0 Å². The molecule has 1 rings (SSSR count). The monoisotopic (exact) mass is 201 g/mol. The highest BCUT2D eigenvalue weighted by molar-refractivity contribution is 5.67. The summed E-state index contributed by atoms with van der Waals surface area (Å²) >= 11 is 0. The molecule has 1 aliphatic rings. The SMILES string of the molecule is CC(O)CN1CCCC(CC(=O)O)C1. The van der Waals surface area contributed by atoms with E-state index in [-0.39, 0.29) is 18.4 Å². The average molecular weight is 201 g/mol. The van der Waals surface area contributed by atoms with Crippen LogP contribution in [0.4, 0.5) is 0 Å². The third-order valence-electron chi connectivity index (χ3n) is 2.59. The second kappa shape index (κ2) is 5.32. The molecule has 0 radical (unpaired) electrons. The summed E-state index contributed by atoms with van der Waals surface area (Å²) in [6, 6.07) is 0. The van der Waals surface area contributed by atoms with Gasteiger partial charge in [-0.15, -0.1) is 0 Å². The second-order valence-corrected chi connectivity index (χ2v) is 4.21. The van der Waals surface area contributed by atoms with E-state index >= 15 is 0 Å². The van der Waals surface area contributed by atoms with Gasteiger partial charge in [0.05, 0.1) is 6.10 Å². The smallest absolute Gasteiger partial charge is 0.303 e. The Hall–Kier alpha value is -0.610. The molecule has 1 aliphatic heterocycles. The van der Waals surface area contributed by atoms with E-state index in [0.717, 1.165) is 25.9 Å². The van der Waals surface area contributed by atoms with Crippen molar-refractivity contribution < 1.29 is 15.0 Å². The van der Waals surface area contributed by atoms with Crippen LogP contribution in [0.25, 0.3) is 0 Å². The van der Waals surface area contributed by atoms with Gasteiger partial charge >= 0.3 is 5.97 Å².